The highest BCUT2D eigenvalue weighted by Gasteiger charge is 2.24. The van der Waals surface area contributed by atoms with Crippen molar-refractivity contribution in [1.29, 1.82) is 0 Å². The summed E-state index contributed by atoms with van der Waals surface area (Å²) in [5.74, 6) is -0.450. The van der Waals surface area contributed by atoms with Crippen LogP contribution in [0.25, 0.3) is 6.08 Å². The maximum Gasteiger partial charge on any atom is 0.326 e. The Morgan fingerprint density at radius 2 is 1.78 bits per heavy atom. The third-order valence-electron chi connectivity index (χ3n) is 4.81. The average Bonchev–Trinajstić information content (AvgIpc) is 2.88. The molecular weight excluding hydrogens is 502 g/mol. The first-order valence-electron chi connectivity index (χ1n) is 11.4. The van der Waals surface area contributed by atoms with E-state index in [1.165, 1.54) is 13.0 Å². The molecule has 1 fully saturated rings. The number of aromatic nitrogens is 3. The van der Waals surface area contributed by atoms with E-state index in [2.05, 4.69) is 33.4 Å². The van der Waals surface area contributed by atoms with E-state index in [0.29, 0.717) is 36.0 Å². The van der Waals surface area contributed by atoms with Crippen LogP contribution in [0.15, 0.2) is 49.6 Å². The summed E-state index contributed by atoms with van der Waals surface area (Å²) < 4.78 is 22.2. The molecule has 2 heterocycles. The van der Waals surface area contributed by atoms with Crippen LogP contribution < -0.4 is 19.5 Å². The predicted octanol–water partition coefficient (Wildman–Crippen LogP) is 2.93. The Bertz CT molecular complexity index is 1130. The van der Waals surface area contributed by atoms with Crippen LogP contribution in [0.4, 0.5) is 5.69 Å². The molecule has 11 nitrogen and oxygen atoms in total. The van der Waals surface area contributed by atoms with Crippen molar-refractivity contribution in [3.05, 3.63) is 60.2 Å². The van der Waals surface area contributed by atoms with Gasteiger partial charge in [-0.05, 0) is 23.8 Å². The molecule has 37 heavy (non-hydrogen) atoms. The highest BCUT2D eigenvalue weighted by Crippen LogP contribution is 2.23. The van der Waals surface area contributed by atoms with Gasteiger partial charge in [-0.3, -0.25) is 9.59 Å². The lowest BCUT2D eigenvalue weighted by Crippen LogP contribution is -2.47. The number of halogens is 1. The first-order valence-corrected chi connectivity index (χ1v) is 11.8. The van der Waals surface area contributed by atoms with Gasteiger partial charge >= 0.3 is 18.0 Å². The number of ether oxygens (including phenoxy) is 4. The molecule has 196 valence electrons. The Balaban J connectivity index is 1.61. The minimum absolute atomic E-state index is 0.00619. The van der Waals surface area contributed by atoms with Crippen LogP contribution in [0.2, 0.25) is 5.02 Å². The van der Waals surface area contributed by atoms with Crippen LogP contribution in [0.3, 0.4) is 0 Å². The van der Waals surface area contributed by atoms with Gasteiger partial charge in [0.2, 0.25) is 11.8 Å². The topological polar surface area (TPSA) is 125 Å². The van der Waals surface area contributed by atoms with Gasteiger partial charge in [0, 0.05) is 30.3 Å². The predicted molar refractivity (Wildman–Crippen MR) is 138 cm³/mol. The van der Waals surface area contributed by atoms with Gasteiger partial charge in [0.1, 0.15) is 25.9 Å². The smallest absolute Gasteiger partial charge is 0.326 e. The molecule has 0 bridgehead atoms. The summed E-state index contributed by atoms with van der Waals surface area (Å²) in [6, 6.07) is 5.07. The number of carbonyl (C=O) groups is 2. The number of hydrogen-bond donors (Lipinski definition) is 1. The number of benzene rings is 1. The van der Waals surface area contributed by atoms with Crippen LogP contribution >= 0.6 is 11.6 Å². The molecule has 1 aromatic heterocycles. The van der Waals surface area contributed by atoms with Crippen molar-refractivity contribution in [3.8, 4) is 18.0 Å². The largest absolute Gasteiger partial charge is 0.460 e. The minimum Gasteiger partial charge on any atom is -0.460 e. The lowest BCUT2D eigenvalue weighted by atomic mass is 10.1. The zero-order valence-electron chi connectivity index (χ0n) is 20.4. The summed E-state index contributed by atoms with van der Waals surface area (Å²) in [5, 5.41) is 3.18. The summed E-state index contributed by atoms with van der Waals surface area (Å²) >= 11 is 6.03. The Labute approximate surface area is 219 Å². The second-order valence-electron chi connectivity index (χ2n) is 7.72. The van der Waals surface area contributed by atoms with Crippen molar-refractivity contribution < 1.29 is 28.5 Å². The van der Waals surface area contributed by atoms with Crippen molar-refractivity contribution in [2.24, 2.45) is 0 Å². The molecule has 1 atom stereocenters. The van der Waals surface area contributed by atoms with Crippen molar-refractivity contribution in [1.82, 2.24) is 19.9 Å². The fraction of sp³-hybridized carbons (Fsp3) is 0.320. The van der Waals surface area contributed by atoms with E-state index in [1.54, 1.807) is 41.3 Å². The molecule has 1 aliphatic rings. The average molecular weight is 530 g/mol. The molecule has 12 heteroatoms. The number of nitrogens with zero attached hydrogens (tertiary/aromatic N) is 4. The Morgan fingerprint density at radius 3 is 2.41 bits per heavy atom. The monoisotopic (exact) mass is 529 g/mol. The first-order chi connectivity index (χ1) is 17.9. The van der Waals surface area contributed by atoms with Gasteiger partial charge in [-0.15, -0.1) is 15.0 Å². The maximum absolute atomic E-state index is 12.8. The van der Waals surface area contributed by atoms with Crippen LogP contribution in [0.5, 0.6) is 18.0 Å². The summed E-state index contributed by atoms with van der Waals surface area (Å²) in [7, 11) is 0. The van der Waals surface area contributed by atoms with Crippen LogP contribution in [0, 0.1) is 0 Å². The van der Waals surface area contributed by atoms with Gasteiger partial charge in [-0.2, -0.15) is 0 Å². The molecule has 2 amide bonds. The standard InChI is InChI=1S/C25H28ClN5O6/c1-4-11-35-23-28-24(36-12-5-2)30-25(29-23)37-16-20-15-31(10-13-34-20)22(33)9-7-18-6-8-19(26)14-21(18)27-17(3)32/h4-9,14,20H,1-2,10-13,15-16H2,3H3,(H,27,32). The zero-order chi connectivity index (χ0) is 26.6. The van der Waals surface area contributed by atoms with Crippen molar-refractivity contribution in [2.75, 3.05) is 44.8 Å². The SMILES string of the molecule is C=CCOc1nc(OCC=C)nc(OCC2CN(C(=O)C=Cc3ccc(Cl)cc3NC(C)=O)CCO2)n1. The molecule has 1 saturated heterocycles. The number of rotatable bonds is 12. The molecule has 2 aromatic rings. The van der Waals surface area contributed by atoms with Crippen LogP contribution in [-0.2, 0) is 14.3 Å². The Morgan fingerprint density at radius 1 is 1.14 bits per heavy atom. The number of hydrogen-bond acceptors (Lipinski definition) is 9. The molecule has 1 unspecified atom stereocenters. The van der Waals surface area contributed by atoms with E-state index in [0.717, 1.165) is 0 Å². The molecule has 0 spiro atoms. The van der Waals surface area contributed by atoms with Gasteiger partial charge in [0.05, 0.1) is 13.2 Å². The first kappa shape index (κ1) is 27.6. The van der Waals surface area contributed by atoms with E-state index < -0.39 is 6.10 Å². The molecule has 0 saturated carbocycles. The number of nitrogens with one attached hydrogen (secondary N) is 1. The molecule has 1 aromatic carbocycles. The lowest BCUT2D eigenvalue weighted by Gasteiger charge is -2.32. The van der Waals surface area contributed by atoms with E-state index in [-0.39, 0.29) is 49.7 Å². The summed E-state index contributed by atoms with van der Waals surface area (Å²) in [6.45, 7) is 10.1. The second kappa shape index (κ2) is 14.0. The quantitative estimate of drug-likeness (QED) is 0.326. The zero-order valence-corrected chi connectivity index (χ0v) is 21.1. The number of morpholine rings is 1. The van der Waals surface area contributed by atoms with Crippen molar-refractivity contribution >= 4 is 35.2 Å². The highest BCUT2D eigenvalue weighted by atomic mass is 35.5. The Hall–Kier alpha value is -3.96. The minimum atomic E-state index is -0.413. The van der Waals surface area contributed by atoms with Gasteiger partial charge in [0.15, 0.2) is 0 Å². The summed E-state index contributed by atoms with van der Waals surface area (Å²) in [6.07, 6.45) is 5.76. The van der Waals surface area contributed by atoms with E-state index >= 15 is 0 Å². The summed E-state index contributed by atoms with van der Waals surface area (Å²) in [4.78, 5) is 38.2. The molecule has 1 N–H and O–H groups in total. The van der Waals surface area contributed by atoms with E-state index in [9.17, 15) is 9.59 Å². The van der Waals surface area contributed by atoms with Gasteiger partial charge in [-0.1, -0.05) is 43.0 Å². The normalized spacial score (nSPS) is 15.2. The highest BCUT2D eigenvalue weighted by molar-refractivity contribution is 6.31. The van der Waals surface area contributed by atoms with Gasteiger partial charge < -0.3 is 29.2 Å². The third-order valence-corrected chi connectivity index (χ3v) is 5.05. The number of amides is 2. The fourth-order valence-electron chi connectivity index (χ4n) is 3.21. The number of anilines is 1. The van der Waals surface area contributed by atoms with Crippen LogP contribution in [0.1, 0.15) is 12.5 Å². The Kier molecular flexibility index (Phi) is 10.4. The molecule has 3 rings (SSSR count). The van der Waals surface area contributed by atoms with Gasteiger partial charge in [-0.25, -0.2) is 0 Å². The second-order valence-corrected chi connectivity index (χ2v) is 8.15. The summed E-state index contributed by atoms with van der Waals surface area (Å²) in [5.41, 5.74) is 1.17. The van der Waals surface area contributed by atoms with Crippen LogP contribution in [-0.4, -0.2) is 77.3 Å². The van der Waals surface area contributed by atoms with Crippen molar-refractivity contribution in [3.63, 3.8) is 0 Å². The van der Waals surface area contributed by atoms with E-state index in [1.807, 2.05) is 0 Å². The van der Waals surface area contributed by atoms with E-state index in [4.69, 9.17) is 30.5 Å². The molecular formula is C25H28ClN5O6. The number of carbonyl (C=O) groups excluding carboxylic acids is 2. The molecule has 0 aliphatic carbocycles. The molecule has 0 radical (unpaired) electrons. The lowest BCUT2D eigenvalue weighted by molar-refractivity contribution is -0.134. The fourth-order valence-corrected chi connectivity index (χ4v) is 3.38. The maximum atomic E-state index is 12.8. The van der Waals surface area contributed by atoms with Crippen molar-refractivity contribution in [2.45, 2.75) is 13.0 Å². The molecule has 1 aliphatic heterocycles. The third kappa shape index (κ3) is 8.89. The van der Waals surface area contributed by atoms with Gasteiger partial charge in [0.25, 0.3) is 0 Å².